The molecule has 0 fully saturated rings. The van der Waals surface area contributed by atoms with E-state index < -0.39 is 0 Å². The largest absolute Gasteiger partial charge is 0.420 e. The highest BCUT2D eigenvalue weighted by Crippen LogP contribution is 2.29. The van der Waals surface area contributed by atoms with Crippen molar-refractivity contribution in [2.75, 3.05) is 0 Å². The lowest BCUT2D eigenvalue weighted by molar-refractivity contribution is 0.528. The number of nitrogens with zero attached hydrogens (tertiary/aromatic N) is 6. The first-order valence-electron chi connectivity index (χ1n) is 10.7. The standard InChI is InChI=1S/C23H21ClN6O2S/c1-2-3-8-13-29-21(31)16-10-5-7-12-18(16)30-22(29)27-28-23(30)33-14-19-25-26-20(32-19)15-9-4-6-11-17(15)24/h4-7,9-12H,2-3,8,13-14H2,1H3. The fourth-order valence-electron chi connectivity index (χ4n) is 3.73. The van der Waals surface area contributed by atoms with Gasteiger partial charge in [-0.2, -0.15) is 0 Å². The van der Waals surface area contributed by atoms with Crippen LogP contribution in [0.3, 0.4) is 0 Å². The molecule has 0 aliphatic rings. The molecule has 0 saturated carbocycles. The van der Waals surface area contributed by atoms with E-state index in [1.165, 1.54) is 11.8 Å². The summed E-state index contributed by atoms with van der Waals surface area (Å²) in [6.07, 6.45) is 3.03. The maximum absolute atomic E-state index is 13.1. The SMILES string of the molecule is CCCCCn1c(=O)c2ccccc2n2c(SCc3nnc(-c4ccccc4Cl)o3)nnc12. The van der Waals surface area contributed by atoms with E-state index in [9.17, 15) is 4.79 Å². The fourth-order valence-corrected chi connectivity index (χ4v) is 4.72. The molecule has 0 atom stereocenters. The van der Waals surface area contributed by atoms with Gasteiger partial charge in [-0.05, 0) is 30.7 Å². The van der Waals surface area contributed by atoms with Crippen LogP contribution in [0.4, 0.5) is 0 Å². The molecule has 168 valence electrons. The number of thioether (sulfide) groups is 1. The second-order valence-corrected chi connectivity index (χ2v) is 8.92. The zero-order valence-corrected chi connectivity index (χ0v) is 19.5. The summed E-state index contributed by atoms with van der Waals surface area (Å²) in [4.78, 5) is 13.1. The van der Waals surface area contributed by atoms with E-state index in [1.807, 2.05) is 46.9 Å². The Morgan fingerprint density at radius 1 is 1.00 bits per heavy atom. The molecule has 5 rings (SSSR count). The summed E-state index contributed by atoms with van der Waals surface area (Å²) in [6.45, 7) is 2.74. The van der Waals surface area contributed by atoms with Crippen LogP contribution in [0.15, 0.2) is 62.9 Å². The molecular weight excluding hydrogens is 460 g/mol. The van der Waals surface area contributed by atoms with Gasteiger partial charge in [0.25, 0.3) is 5.56 Å². The molecule has 0 amide bonds. The van der Waals surface area contributed by atoms with E-state index in [0.717, 1.165) is 24.8 Å². The van der Waals surface area contributed by atoms with E-state index in [2.05, 4.69) is 27.3 Å². The molecule has 0 spiro atoms. The summed E-state index contributed by atoms with van der Waals surface area (Å²) in [5, 5.41) is 18.9. The lowest BCUT2D eigenvalue weighted by Crippen LogP contribution is -2.23. The molecule has 2 aromatic carbocycles. The Balaban J connectivity index is 1.48. The minimum absolute atomic E-state index is 0.0422. The molecule has 0 N–H and O–H groups in total. The van der Waals surface area contributed by atoms with Gasteiger partial charge in [0, 0.05) is 6.54 Å². The summed E-state index contributed by atoms with van der Waals surface area (Å²) in [7, 11) is 0. The van der Waals surface area contributed by atoms with Gasteiger partial charge in [0.2, 0.25) is 17.6 Å². The van der Waals surface area contributed by atoms with Gasteiger partial charge in [-0.1, -0.05) is 67.4 Å². The number of halogens is 1. The Kier molecular flexibility index (Phi) is 6.15. The van der Waals surface area contributed by atoms with E-state index in [-0.39, 0.29) is 5.56 Å². The van der Waals surface area contributed by atoms with Crippen LogP contribution in [-0.2, 0) is 12.3 Å². The normalized spacial score (nSPS) is 11.6. The number of hydrogen-bond donors (Lipinski definition) is 0. The number of rotatable bonds is 8. The number of benzene rings is 2. The van der Waals surface area contributed by atoms with E-state index in [4.69, 9.17) is 16.0 Å². The molecule has 0 unspecified atom stereocenters. The van der Waals surface area contributed by atoms with Gasteiger partial charge in [-0.15, -0.1) is 20.4 Å². The maximum Gasteiger partial charge on any atom is 0.262 e. The Hall–Kier alpha value is -3.17. The average Bonchev–Trinajstić information content (AvgIpc) is 3.48. The molecule has 8 nitrogen and oxygen atoms in total. The lowest BCUT2D eigenvalue weighted by Gasteiger charge is -2.10. The summed E-state index contributed by atoms with van der Waals surface area (Å²) < 4.78 is 9.47. The number of aryl methyl sites for hydroxylation is 1. The van der Waals surface area contributed by atoms with Gasteiger partial charge in [0.15, 0.2) is 5.16 Å². The average molecular weight is 481 g/mol. The molecule has 5 aromatic rings. The first-order valence-corrected chi connectivity index (χ1v) is 12.1. The molecule has 0 bridgehead atoms. The van der Waals surface area contributed by atoms with Crippen LogP contribution >= 0.6 is 23.4 Å². The van der Waals surface area contributed by atoms with E-state index in [0.29, 0.717) is 51.0 Å². The zero-order chi connectivity index (χ0) is 22.8. The highest BCUT2D eigenvalue weighted by Gasteiger charge is 2.18. The van der Waals surface area contributed by atoms with E-state index >= 15 is 0 Å². The number of para-hydroxylation sites is 1. The second kappa shape index (κ2) is 9.36. The highest BCUT2D eigenvalue weighted by molar-refractivity contribution is 7.98. The van der Waals surface area contributed by atoms with Gasteiger partial charge in [-0.25, -0.2) is 0 Å². The summed E-state index contributed by atoms with van der Waals surface area (Å²) in [5.74, 6) is 1.77. The van der Waals surface area contributed by atoms with Gasteiger partial charge in [-0.3, -0.25) is 13.8 Å². The van der Waals surface area contributed by atoms with Crippen molar-refractivity contribution in [1.29, 1.82) is 0 Å². The third kappa shape index (κ3) is 4.14. The minimum atomic E-state index is -0.0422. The van der Waals surface area contributed by atoms with Crippen molar-refractivity contribution >= 4 is 40.0 Å². The molecule has 0 aliphatic heterocycles. The monoisotopic (exact) mass is 480 g/mol. The quantitative estimate of drug-likeness (QED) is 0.222. The van der Waals surface area contributed by atoms with Crippen molar-refractivity contribution in [3.8, 4) is 11.5 Å². The Labute approximate surface area is 198 Å². The molecule has 3 heterocycles. The van der Waals surface area contributed by atoms with Crippen LogP contribution in [-0.4, -0.2) is 29.4 Å². The molecule has 0 aliphatic carbocycles. The molecule has 33 heavy (non-hydrogen) atoms. The molecule has 10 heteroatoms. The number of hydrogen-bond acceptors (Lipinski definition) is 7. The predicted molar refractivity (Wildman–Crippen MR) is 129 cm³/mol. The second-order valence-electron chi connectivity index (χ2n) is 7.57. The first-order chi connectivity index (χ1) is 16.2. The Morgan fingerprint density at radius 3 is 2.67 bits per heavy atom. The summed E-state index contributed by atoms with van der Waals surface area (Å²) in [5.41, 5.74) is 1.43. The first kappa shape index (κ1) is 21.7. The van der Waals surface area contributed by atoms with Crippen molar-refractivity contribution in [2.45, 2.75) is 43.6 Å². The molecule has 0 saturated heterocycles. The number of unbranched alkanes of at least 4 members (excludes halogenated alkanes) is 2. The van der Waals surface area contributed by atoms with Crippen molar-refractivity contribution < 1.29 is 4.42 Å². The summed E-state index contributed by atoms with van der Waals surface area (Å²) >= 11 is 7.66. The van der Waals surface area contributed by atoms with Crippen LogP contribution in [0.1, 0.15) is 32.1 Å². The number of aromatic nitrogens is 6. The third-order valence-electron chi connectivity index (χ3n) is 5.36. The predicted octanol–water partition coefficient (Wildman–Crippen LogP) is 5.23. The minimum Gasteiger partial charge on any atom is -0.420 e. The van der Waals surface area contributed by atoms with Crippen molar-refractivity contribution in [3.05, 3.63) is 69.8 Å². The van der Waals surface area contributed by atoms with Gasteiger partial charge in [0.05, 0.1) is 27.2 Å². The van der Waals surface area contributed by atoms with Crippen LogP contribution in [0, 0.1) is 0 Å². The van der Waals surface area contributed by atoms with Crippen molar-refractivity contribution in [1.82, 2.24) is 29.4 Å². The van der Waals surface area contributed by atoms with Crippen LogP contribution in [0.5, 0.6) is 0 Å². The van der Waals surface area contributed by atoms with Crippen LogP contribution < -0.4 is 5.56 Å². The molecule has 3 aromatic heterocycles. The molecular formula is C23H21ClN6O2S. The Bertz CT molecular complexity index is 1490. The molecule has 0 radical (unpaired) electrons. The third-order valence-corrected chi connectivity index (χ3v) is 6.60. The highest BCUT2D eigenvalue weighted by atomic mass is 35.5. The van der Waals surface area contributed by atoms with Crippen molar-refractivity contribution in [2.24, 2.45) is 0 Å². The van der Waals surface area contributed by atoms with Crippen molar-refractivity contribution in [3.63, 3.8) is 0 Å². The smallest absolute Gasteiger partial charge is 0.262 e. The summed E-state index contributed by atoms with van der Waals surface area (Å²) in [6, 6.07) is 14.9. The van der Waals surface area contributed by atoms with Crippen LogP contribution in [0.25, 0.3) is 28.1 Å². The number of fused-ring (bicyclic) bond motifs is 3. The lowest BCUT2D eigenvalue weighted by atomic mass is 10.2. The van der Waals surface area contributed by atoms with E-state index in [1.54, 1.807) is 10.6 Å². The van der Waals surface area contributed by atoms with Gasteiger partial charge < -0.3 is 4.42 Å². The van der Waals surface area contributed by atoms with Gasteiger partial charge >= 0.3 is 0 Å². The fraction of sp³-hybridized carbons (Fsp3) is 0.261. The van der Waals surface area contributed by atoms with Crippen LogP contribution in [0.2, 0.25) is 5.02 Å². The van der Waals surface area contributed by atoms with Gasteiger partial charge in [0.1, 0.15) is 0 Å². The topological polar surface area (TPSA) is 91.1 Å². The maximum atomic E-state index is 13.1. The Morgan fingerprint density at radius 2 is 1.82 bits per heavy atom. The zero-order valence-electron chi connectivity index (χ0n) is 17.9.